The number of benzene rings is 2. The van der Waals surface area contributed by atoms with Crippen molar-refractivity contribution in [2.24, 2.45) is 0 Å². The fourth-order valence-corrected chi connectivity index (χ4v) is 2.00. The Kier molecular flexibility index (Phi) is 3.50. The van der Waals surface area contributed by atoms with Gasteiger partial charge >= 0.3 is 0 Å². The second-order valence-corrected chi connectivity index (χ2v) is 4.33. The zero-order chi connectivity index (χ0) is 13.8. The highest BCUT2D eigenvalue weighted by atomic mass is 16.5. The van der Waals surface area contributed by atoms with Crippen molar-refractivity contribution in [2.45, 2.75) is 6.54 Å². The molecule has 0 saturated heterocycles. The Morgan fingerprint density at radius 1 is 1.00 bits per heavy atom. The third kappa shape index (κ3) is 2.56. The lowest BCUT2D eigenvalue weighted by molar-refractivity contribution is 0.291. The van der Waals surface area contributed by atoms with E-state index < -0.39 is 0 Å². The average Bonchev–Trinajstić information content (AvgIpc) is 2.92. The van der Waals surface area contributed by atoms with Crippen LogP contribution in [0, 0.1) is 0 Å². The van der Waals surface area contributed by atoms with Crippen molar-refractivity contribution in [1.82, 2.24) is 15.0 Å². The van der Waals surface area contributed by atoms with Crippen LogP contribution in [-0.4, -0.2) is 28.7 Å². The van der Waals surface area contributed by atoms with Gasteiger partial charge in [0.05, 0.1) is 19.2 Å². The molecule has 0 bridgehead atoms. The molecule has 0 unspecified atom stereocenters. The maximum Gasteiger partial charge on any atom is 0.119 e. The Morgan fingerprint density at radius 2 is 1.75 bits per heavy atom. The molecule has 0 atom stereocenters. The number of rotatable bonds is 5. The fourth-order valence-electron chi connectivity index (χ4n) is 2.00. The molecular weight excluding hydrogens is 254 g/mol. The Morgan fingerprint density at radius 3 is 2.55 bits per heavy atom. The van der Waals surface area contributed by atoms with Crippen molar-refractivity contribution in [1.29, 1.82) is 0 Å². The van der Waals surface area contributed by atoms with E-state index in [2.05, 4.69) is 10.3 Å². The second kappa shape index (κ2) is 5.61. The molecule has 20 heavy (non-hydrogen) atoms. The van der Waals surface area contributed by atoms with Crippen LogP contribution in [0.3, 0.4) is 0 Å². The highest BCUT2D eigenvalue weighted by Gasteiger charge is 2.03. The summed E-state index contributed by atoms with van der Waals surface area (Å²) in [5.74, 6) is 1.63. The lowest BCUT2D eigenvalue weighted by atomic mass is 10.3. The topological polar surface area (TPSA) is 49.2 Å². The molecule has 1 heterocycles. The van der Waals surface area contributed by atoms with E-state index in [9.17, 15) is 0 Å². The minimum Gasteiger partial charge on any atom is -0.497 e. The monoisotopic (exact) mass is 269 g/mol. The first-order chi connectivity index (χ1) is 9.86. The van der Waals surface area contributed by atoms with Crippen LogP contribution in [-0.2, 0) is 6.54 Å². The molecule has 5 heteroatoms. The molecule has 1 aromatic heterocycles. The number of nitrogens with zero attached hydrogens (tertiary/aromatic N) is 3. The maximum atomic E-state index is 5.68. The summed E-state index contributed by atoms with van der Waals surface area (Å²) < 4.78 is 12.6. The molecule has 0 N–H and O–H groups in total. The van der Waals surface area contributed by atoms with E-state index in [0.29, 0.717) is 13.2 Å². The number of para-hydroxylation sites is 1. The van der Waals surface area contributed by atoms with Gasteiger partial charge in [-0.05, 0) is 36.4 Å². The van der Waals surface area contributed by atoms with Gasteiger partial charge in [0.25, 0.3) is 0 Å². The zero-order valence-corrected chi connectivity index (χ0v) is 11.2. The quantitative estimate of drug-likeness (QED) is 0.714. The first kappa shape index (κ1) is 12.5. The van der Waals surface area contributed by atoms with E-state index in [4.69, 9.17) is 9.47 Å². The molecule has 0 aliphatic carbocycles. The third-order valence-electron chi connectivity index (χ3n) is 3.05. The minimum absolute atomic E-state index is 0.541. The van der Waals surface area contributed by atoms with Crippen LogP contribution < -0.4 is 9.47 Å². The largest absolute Gasteiger partial charge is 0.497 e. The Hall–Kier alpha value is -2.56. The molecule has 102 valence electrons. The number of ether oxygens (including phenoxy) is 2. The van der Waals surface area contributed by atoms with Crippen molar-refractivity contribution < 1.29 is 9.47 Å². The second-order valence-electron chi connectivity index (χ2n) is 4.33. The molecule has 0 spiro atoms. The molecule has 0 saturated carbocycles. The van der Waals surface area contributed by atoms with Crippen LogP contribution in [0.5, 0.6) is 11.5 Å². The van der Waals surface area contributed by atoms with Gasteiger partial charge in [0.2, 0.25) is 0 Å². The van der Waals surface area contributed by atoms with Gasteiger partial charge in [-0.2, -0.15) is 0 Å². The fraction of sp³-hybridized carbons (Fsp3) is 0.200. The van der Waals surface area contributed by atoms with E-state index in [-0.39, 0.29) is 0 Å². The van der Waals surface area contributed by atoms with Gasteiger partial charge in [0.1, 0.15) is 23.6 Å². The lowest BCUT2D eigenvalue weighted by Crippen LogP contribution is -2.09. The summed E-state index contributed by atoms with van der Waals surface area (Å²) in [6.07, 6.45) is 0. The molecule has 0 fully saturated rings. The normalized spacial score (nSPS) is 10.7. The van der Waals surface area contributed by atoms with Crippen molar-refractivity contribution in [3.8, 4) is 11.5 Å². The van der Waals surface area contributed by atoms with Gasteiger partial charge in [-0.3, -0.25) is 0 Å². The summed E-state index contributed by atoms with van der Waals surface area (Å²) in [6, 6.07) is 15.4. The van der Waals surface area contributed by atoms with Gasteiger partial charge in [0, 0.05) is 0 Å². The van der Waals surface area contributed by atoms with Gasteiger partial charge in [-0.1, -0.05) is 17.3 Å². The van der Waals surface area contributed by atoms with Crippen LogP contribution in [0.25, 0.3) is 11.0 Å². The molecule has 0 radical (unpaired) electrons. The van der Waals surface area contributed by atoms with E-state index in [0.717, 1.165) is 22.5 Å². The molecule has 0 amide bonds. The highest BCUT2D eigenvalue weighted by molar-refractivity contribution is 5.73. The van der Waals surface area contributed by atoms with Gasteiger partial charge in [-0.15, -0.1) is 5.10 Å². The molecule has 0 aliphatic rings. The number of aromatic nitrogens is 3. The minimum atomic E-state index is 0.541. The summed E-state index contributed by atoms with van der Waals surface area (Å²) in [6.45, 7) is 1.20. The Balaban J connectivity index is 1.62. The first-order valence-corrected chi connectivity index (χ1v) is 6.42. The van der Waals surface area contributed by atoms with Crippen LogP contribution in [0.15, 0.2) is 48.5 Å². The summed E-state index contributed by atoms with van der Waals surface area (Å²) in [5, 5.41) is 8.23. The van der Waals surface area contributed by atoms with Gasteiger partial charge in [-0.25, -0.2) is 4.68 Å². The summed E-state index contributed by atoms with van der Waals surface area (Å²) >= 11 is 0. The number of methoxy groups -OCH3 is 1. The zero-order valence-electron chi connectivity index (χ0n) is 11.2. The smallest absolute Gasteiger partial charge is 0.119 e. The van der Waals surface area contributed by atoms with Crippen LogP contribution in [0.4, 0.5) is 0 Å². The Bertz CT molecular complexity index is 692. The average molecular weight is 269 g/mol. The van der Waals surface area contributed by atoms with Crippen molar-refractivity contribution in [2.75, 3.05) is 13.7 Å². The molecule has 3 aromatic rings. The molecular formula is C15H15N3O2. The predicted molar refractivity (Wildman–Crippen MR) is 76.0 cm³/mol. The summed E-state index contributed by atoms with van der Waals surface area (Å²) in [7, 11) is 1.64. The molecule has 2 aromatic carbocycles. The molecule has 0 aliphatic heterocycles. The van der Waals surface area contributed by atoms with E-state index >= 15 is 0 Å². The number of hydrogen-bond acceptors (Lipinski definition) is 4. The van der Waals surface area contributed by atoms with Gasteiger partial charge in [0.15, 0.2) is 0 Å². The van der Waals surface area contributed by atoms with Crippen molar-refractivity contribution >= 4 is 11.0 Å². The van der Waals surface area contributed by atoms with Gasteiger partial charge < -0.3 is 9.47 Å². The lowest BCUT2D eigenvalue weighted by Gasteiger charge is -2.07. The van der Waals surface area contributed by atoms with Crippen LogP contribution in [0.1, 0.15) is 0 Å². The van der Waals surface area contributed by atoms with E-state index in [1.54, 1.807) is 7.11 Å². The van der Waals surface area contributed by atoms with Crippen molar-refractivity contribution in [3.05, 3.63) is 48.5 Å². The summed E-state index contributed by atoms with van der Waals surface area (Å²) in [4.78, 5) is 0. The third-order valence-corrected chi connectivity index (χ3v) is 3.05. The highest BCUT2D eigenvalue weighted by Crippen LogP contribution is 2.17. The van der Waals surface area contributed by atoms with Crippen LogP contribution in [0.2, 0.25) is 0 Å². The van der Waals surface area contributed by atoms with E-state index in [1.165, 1.54) is 0 Å². The first-order valence-electron chi connectivity index (χ1n) is 6.42. The molecule has 5 nitrogen and oxygen atoms in total. The number of hydrogen-bond donors (Lipinski definition) is 0. The molecule has 3 rings (SSSR count). The van der Waals surface area contributed by atoms with Crippen molar-refractivity contribution in [3.63, 3.8) is 0 Å². The van der Waals surface area contributed by atoms with E-state index in [1.807, 2.05) is 53.2 Å². The predicted octanol–water partition coefficient (Wildman–Crippen LogP) is 2.52. The Labute approximate surface area is 116 Å². The van der Waals surface area contributed by atoms with Crippen LogP contribution >= 0.6 is 0 Å². The number of fused-ring (bicyclic) bond motifs is 1. The standard InChI is InChI=1S/C15H15N3O2/c1-19-12-6-8-13(9-7-12)20-11-10-18-15-5-3-2-4-14(15)16-17-18/h2-9H,10-11H2,1H3. The maximum absolute atomic E-state index is 5.68. The summed E-state index contributed by atoms with van der Waals surface area (Å²) in [5.41, 5.74) is 1.92. The SMILES string of the molecule is COc1ccc(OCCn2nnc3ccccc32)cc1.